The van der Waals surface area contributed by atoms with Gasteiger partial charge in [0, 0.05) is 24.2 Å². The largest absolute Gasteiger partial charge is 0.387 e. The number of likely N-dealkylation sites (tertiary alicyclic amines) is 1. The fourth-order valence-corrected chi connectivity index (χ4v) is 4.03. The van der Waals surface area contributed by atoms with E-state index in [9.17, 15) is 9.90 Å². The van der Waals surface area contributed by atoms with Crippen LogP contribution in [0.2, 0.25) is 0 Å². The molecule has 0 spiro atoms. The molecule has 4 nitrogen and oxygen atoms in total. The van der Waals surface area contributed by atoms with Crippen LogP contribution in [0.5, 0.6) is 0 Å². The molecule has 1 saturated heterocycles. The minimum Gasteiger partial charge on any atom is -0.387 e. The maximum Gasteiger partial charge on any atom is 0.232 e. The molecule has 0 unspecified atom stereocenters. The van der Waals surface area contributed by atoms with Gasteiger partial charge in [-0.1, -0.05) is 39.8 Å². The van der Waals surface area contributed by atoms with Gasteiger partial charge in [0.25, 0.3) is 0 Å². The first-order chi connectivity index (χ1) is 12.3. The Labute approximate surface area is 158 Å². The van der Waals surface area contributed by atoms with Gasteiger partial charge in [-0.05, 0) is 61.9 Å². The summed E-state index contributed by atoms with van der Waals surface area (Å²) in [6, 6.07) is 6.16. The maximum atomic E-state index is 12.8. The second kappa shape index (κ2) is 7.69. The number of aryl methyl sites for hydroxylation is 1. The van der Waals surface area contributed by atoms with Crippen molar-refractivity contribution >= 4 is 11.6 Å². The van der Waals surface area contributed by atoms with Crippen molar-refractivity contribution in [2.24, 2.45) is 11.3 Å². The number of hydrogen-bond acceptors (Lipinski definition) is 3. The van der Waals surface area contributed by atoms with Gasteiger partial charge in [0.1, 0.15) is 0 Å². The number of aliphatic hydroxyl groups excluding tert-OH is 1. The number of piperidine rings is 1. The van der Waals surface area contributed by atoms with Crippen molar-refractivity contribution < 1.29 is 9.90 Å². The van der Waals surface area contributed by atoms with Gasteiger partial charge in [-0.2, -0.15) is 0 Å². The number of aliphatic hydroxyl groups is 1. The molecule has 0 radical (unpaired) electrons. The van der Waals surface area contributed by atoms with Crippen molar-refractivity contribution in [1.82, 2.24) is 4.90 Å². The van der Waals surface area contributed by atoms with E-state index in [4.69, 9.17) is 0 Å². The zero-order valence-electron chi connectivity index (χ0n) is 16.8. The Morgan fingerprint density at radius 2 is 1.92 bits per heavy atom. The highest BCUT2D eigenvalue weighted by atomic mass is 16.3. The summed E-state index contributed by atoms with van der Waals surface area (Å²) in [6.45, 7) is 11.9. The van der Waals surface area contributed by atoms with E-state index in [1.54, 1.807) is 0 Å². The van der Waals surface area contributed by atoms with Crippen LogP contribution in [-0.2, 0) is 11.2 Å². The summed E-state index contributed by atoms with van der Waals surface area (Å²) in [5, 5.41) is 10.7. The molecular weight excluding hydrogens is 324 g/mol. The number of nitrogens with zero attached hydrogens (tertiary/aromatic N) is 2. The second-order valence-electron chi connectivity index (χ2n) is 9.20. The lowest BCUT2D eigenvalue weighted by molar-refractivity contribution is -0.125. The van der Waals surface area contributed by atoms with Crippen molar-refractivity contribution in [1.29, 1.82) is 0 Å². The van der Waals surface area contributed by atoms with Crippen LogP contribution in [-0.4, -0.2) is 42.1 Å². The number of β-amino-alcohol motifs (C(OH)–C–C–N with tert-alkyl or cyclic N) is 1. The molecule has 0 aromatic heterocycles. The lowest BCUT2D eigenvalue weighted by atomic mass is 9.91. The number of benzene rings is 1. The highest BCUT2D eigenvalue weighted by Gasteiger charge is 2.31. The quantitative estimate of drug-likeness (QED) is 0.894. The normalized spacial score (nSPS) is 20.7. The predicted molar refractivity (Wildman–Crippen MR) is 106 cm³/mol. The lowest BCUT2D eigenvalue weighted by Crippen LogP contribution is -2.42. The first-order valence-corrected chi connectivity index (χ1v) is 10.1. The predicted octanol–water partition coefficient (Wildman–Crippen LogP) is 3.78. The van der Waals surface area contributed by atoms with Crippen LogP contribution in [0, 0.1) is 11.3 Å². The number of hydrogen-bond donors (Lipinski definition) is 1. The van der Waals surface area contributed by atoms with Gasteiger partial charge in [-0.25, -0.2) is 0 Å². The summed E-state index contributed by atoms with van der Waals surface area (Å²) in [5.74, 6) is 0.979. The molecule has 144 valence electrons. The number of carbonyl (C=O) groups is 1. The molecule has 3 rings (SSSR count). The summed E-state index contributed by atoms with van der Waals surface area (Å²) < 4.78 is 0. The van der Waals surface area contributed by atoms with Crippen molar-refractivity contribution in [3.05, 3.63) is 29.3 Å². The van der Waals surface area contributed by atoms with Crippen molar-refractivity contribution in [2.45, 2.75) is 59.5 Å². The maximum absolute atomic E-state index is 12.8. The first-order valence-electron chi connectivity index (χ1n) is 10.1. The summed E-state index contributed by atoms with van der Waals surface area (Å²) in [4.78, 5) is 17.1. The molecule has 2 heterocycles. The van der Waals surface area contributed by atoms with Crippen LogP contribution in [0.3, 0.4) is 0 Å². The Bertz CT molecular complexity index is 642. The average molecular weight is 359 g/mol. The van der Waals surface area contributed by atoms with Crippen LogP contribution in [0.25, 0.3) is 0 Å². The Kier molecular flexibility index (Phi) is 5.73. The summed E-state index contributed by atoms with van der Waals surface area (Å²) in [5.41, 5.74) is 2.82. The molecule has 1 atom stereocenters. The van der Waals surface area contributed by atoms with Gasteiger partial charge in [-0.3, -0.25) is 4.79 Å². The SMILES string of the molecule is CC1CCN(C[C@@H](O)c2ccc3c(c2)CCCN3C(=O)C(C)(C)C)CC1. The molecule has 2 aliphatic heterocycles. The van der Waals surface area contributed by atoms with E-state index in [0.717, 1.165) is 49.6 Å². The van der Waals surface area contributed by atoms with E-state index in [2.05, 4.69) is 17.9 Å². The Balaban J connectivity index is 1.73. The minimum atomic E-state index is -0.456. The van der Waals surface area contributed by atoms with Crippen molar-refractivity contribution in [3.8, 4) is 0 Å². The molecule has 2 aliphatic rings. The van der Waals surface area contributed by atoms with E-state index < -0.39 is 6.10 Å². The van der Waals surface area contributed by atoms with Crippen molar-refractivity contribution in [3.63, 3.8) is 0 Å². The van der Waals surface area contributed by atoms with Crippen LogP contribution >= 0.6 is 0 Å². The molecule has 4 heteroatoms. The minimum absolute atomic E-state index is 0.175. The number of amides is 1. The zero-order valence-corrected chi connectivity index (χ0v) is 16.8. The molecule has 1 aromatic rings. The van der Waals surface area contributed by atoms with Gasteiger partial charge in [0.15, 0.2) is 0 Å². The van der Waals surface area contributed by atoms with Crippen molar-refractivity contribution in [2.75, 3.05) is 31.1 Å². The number of carbonyl (C=O) groups excluding carboxylic acids is 1. The monoisotopic (exact) mass is 358 g/mol. The van der Waals surface area contributed by atoms with E-state index in [-0.39, 0.29) is 11.3 Å². The fraction of sp³-hybridized carbons (Fsp3) is 0.682. The van der Waals surface area contributed by atoms with E-state index in [1.165, 1.54) is 18.4 Å². The third kappa shape index (κ3) is 4.29. The van der Waals surface area contributed by atoms with Gasteiger partial charge in [0.2, 0.25) is 5.91 Å². The molecule has 26 heavy (non-hydrogen) atoms. The lowest BCUT2D eigenvalue weighted by Gasteiger charge is -2.35. The van der Waals surface area contributed by atoms with Crippen LogP contribution in [0.4, 0.5) is 5.69 Å². The molecule has 0 bridgehead atoms. The average Bonchev–Trinajstić information content (AvgIpc) is 2.61. The van der Waals surface area contributed by atoms with E-state index in [1.807, 2.05) is 37.8 Å². The molecule has 1 aromatic carbocycles. The van der Waals surface area contributed by atoms with E-state index >= 15 is 0 Å². The van der Waals surface area contributed by atoms with Gasteiger partial charge in [0.05, 0.1) is 6.10 Å². The number of rotatable bonds is 3. The molecular formula is C22H34N2O2. The van der Waals surface area contributed by atoms with Crippen LogP contribution in [0.15, 0.2) is 18.2 Å². The highest BCUT2D eigenvalue weighted by molar-refractivity contribution is 5.98. The molecule has 1 fully saturated rings. The third-order valence-electron chi connectivity index (χ3n) is 5.80. The summed E-state index contributed by atoms with van der Waals surface area (Å²) in [7, 11) is 0. The third-order valence-corrected chi connectivity index (χ3v) is 5.80. The topological polar surface area (TPSA) is 43.8 Å². The van der Waals surface area contributed by atoms with Crippen LogP contribution in [0.1, 0.15) is 64.2 Å². The first kappa shape index (κ1) is 19.4. The second-order valence-corrected chi connectivity index (χ2v) is 9.20. The summed E-state index contributed by atoms with van der Waals surface area (Å²) in [6.07, 6.45) is 3.95. The zero-order chi connectivity index (χ0) is 18.9. The molecule has 1 amide bonds. The van der Waals surface area contributed by atoms with E-state index in [0.29, 0.717) is 6.54 Å². The Morgan fingerprint density at radius 3 is 2.58 bits per heavy atom. The smallest absolute Gasteiger partial charge is 0.232 e. The molecule has 0 aliphatic carbocycles. The Hall–Kier alpha value is -1.39. The van der Waals surface area contributed by atoms with Crippen LogP contribution < -0.4 is 4.90 Å². The van der Waals surface area contributed by atoms with Gasteiger partial charge >= 0.3 is 0 Å². The Morgan fingerprint density at radius 1 is 1.23 bits per heavy atom. The van der Waals surface area contributed by atoms with Gasteiger partial charge in [-0.15, -0.1) is 0 Å². The molecule has 1 N–H and O–H groups in total. The van der Waals surface area contributed by atoms with Gasteiger partial charge < -0.3 is 14.9 Å². The fourth-order valence-electron chi connectivity index (χ4n) is 4.03. The molecule has 0 saturated carbocycles. The number of anilines is 1. The highest BCUT2D eigenvalue weighted by Crippen LogP contribution is 2.33. The summed E-state index contributed by atoms with van der Waals surface area (Å²) >= 11 is 0. The number of fused-ring (bicyclic) bond motifs is 1. The standard InChI is InChI=1S/C22H34N2O2/c1-16-9-12-23(13-10-16)15-20(25)18-7-8-19-17(14-18)6-5-11-24(19)21(26)22(2,3)4/h7-8,14,16,20,25H,5-6,9-13,15H2,1-4H3/t20-/m1/s1.